The van der Waals surface area contributed by atoms with Crippen molar-refractivity contribution >= 4 is 8.32 Å². The molecule has 0 aliphatic heterocycles. The first-order valence-electron chi connectivity index (χ1n) is 7.36. The Labute approximate surface area is 134 Å². The Balaban J connectivity index is 2.28. The van der Waals surface area contributed by atoms with E-state index in [1.54, 1.807) is 7.11 Å². The maximum Gasteiger partial charge on any atom is 0.185 e. The predicted molar refractivity (Wildman–Crippen MR) is 93.5 cm³/mol. The number of hydrogen-bond acceptors (Lipinski definition) is 2. The van der Waals surface area contributed by atoms with Crippen molar-refractivity contribution < 1.29 is 9.16 Å². The molecule has 2 aromatic rings. The molecular weight excluding hydrogens is 288 g/mol. The lowest BCUT2D eigenvalue weighted by Crippen LogP contribution is -2.27. The number of rotatable bonds is 4. The van der Waals surface area contributed by atoms with Gasteiger partial charge in [-0.3, -0.25) is 0 Å². The van der Waals surface area contributed by atoms with E-state index in [1.807, 2.05) is 54.6 Å². The molecule has 0 saturated heterocycles. The molecule has 0 aliphatic carbocycles. The van der Waals surface area contributed by atoms with E-state index >= 15 is 0 Å². The van der Waals surface area contributed by atoms with Gasteiger partial charge in [0.25, 0.3) is 0 Å². The number of benzene rings is 2. The van der Waals surface area contributed by atoms with Crippen LogP contribution in [0.4, 0.5) is 0 Å². The van der Waals surface area contributed by atoms with E-state index in [0.717, 1.165) is 16.9 Å². The second-order valence-electron chi connectivity index (χ2n) is 6.02. The summed E-state index contributed by atoms with van der Waals surface area (Å²) in [6.45, 7) is 6.52. The molecule has 0 spiro atoms. The van der Waals surface area contributed by atoms with Crippen LogP contribution in [0.3, 0.4) is 0 Å². The summed E-state index contributed by atoms with van der Waals surface area (Å²) in [7, 11) is -0.0300. The summed E-state index contributed by atoms with van der Waals surface area (Å²) >= 11 is 0. The molecule has 0 heterocycles. The zero-order chi connectivity index (χ0) is 16.0. The predicted octanol–water partition coefficient (Wildman–Crippen LogP) is 4.64. The first-order chi connectivity index (χ1) is 10.5. The van der Waals surface area contributed by atoms with E-state index in [1.165, 1.54) is 0 Å². The molecule has 0 aromatic heterocycles. The molecular formula is C19H22O2Si. The van der Waals surface area contributed by atoms with E-state index in [2.05, 4.69) is 31.5 Å². The molecule has 1 atom stereocenters. The van der Waals surface area contributed by atoms with Gasteiger partial charge in [0.1, 0.15) is 11.9 Å². The fourth-order valence-corrected chi connectivity index (χ4v) is 2.89. The van der Waals surface area contributed by atoms with Crippen LogP contribution in [-0.4, -0.2) is 15.4 Å². The van der Waals surface area contributed by atoms with E-state index in [4.69, 9.17) is 9.16 Å². The lowest BCUT2D eigenvalue weighted by Gasteiger charge is -2.23. The molecule has 114 valence electrons. The standard InChI is InChI=1S/C19H22O2Si/c1-20-18-13-11-17(12-14-18)19(21-22(2,3)4)15-10-16-8-6-5-7-9-16/h5-9,11-14,19H,1-4H3. The van der Waals surface area contributed by atoms with Gasteiger partial charge >= 0.3 is 0 Å². The Morgan fingerprint density at radius 2 is 1.55 bits per heavy atom. The Kier molecular flexibility index (Phi) is 5.43. The lowest BCUT2D eigenvalue weighted by atomic mass is 10.1. The van der Waals surface area contributed by atoms with Crippen LogP contribution in [0.25, 0.3) is 0 Å². The van der Waals surface area contributed by atoms with E-state index < -0.39 is 8.32 Å². The molecule has 1 unspecified atom stereocenters. The minimum Gasteiger partial charge on any atom is -0.497 e. The zero-order valence-corrected chi connectivity index (χ0v) is 14.6. The highest BCUT2D eigenvalue weighted by molar-refractivity contribution is 6.69. The third-order valence-corrected chi connectivity index (χ3v) is 3.95. The van der Waals surface area contributed by atoms with Gasteiger partial charge in [0.15, 0.2) is 8.32 Å². The maximum absolute atomic E-state index is 6.24. The third-order valence-electron chi connectivity index (χ3n) is 3.01. The maximum atomic E-state index is 6.24. The van der Waals surface area contributed by atoms with E-state index in [0.29, 0.717) is 0 Å². The molecule has 0 aliphatic rings. The van der Waals surface area contributed by atoms with Crippen LogP contribution in [0.2, 0.25) is 19.6 Å². The van der Waals surface area contributed by atoms with Gasteiger partial charge in [-0.05, 0) is 49.5 Å². The van der Waals surface area contributed by atoms with Crippen LogP contribution < -0.4 is 4.74 Å². The van der Waals surface area contributed by atoms with Gasteiger partial charge in [0.2, 0.25) is 0 Å². The fourth-order valence-electron chi connectivity index (χ4n) is 1.98. The minimum absolute atomic E-state index is 0.210. The molecule has 0 fully saturated rings. The van der Waals surface area contributed by atoms with Gasteiger partial charge in [0.05, 0.1) is 7.11 Å². The first kappa shape index (κ1) is 16.3. The Hall–Kier alpha value is -2.02. The quantitative estimate of drug-likeness (QED) is 0.605. The summed E-state index contributed by atoms with van der Waals surface area (Å²) in [5.41, 5.74) is 2.06. The highest BCUT2D eigenvalue weighted by atomic mass is 28.4. The number of hydrogen-bond donors (Lipinski definition) is 0. The smallest absolute Gasteiger partial charge is 0.185 e. The molecule has 22 heavy (non-hydrogen) atoms. The Morgan fingerprint density at radius 1 is 0.909 bits per heavy atom. The lowest BCUT2D eigenvalue weighted by molar-refractivity contribution is 0.257. The third kappa shape index (κ3) is 5.07. The number of methoxy groups -OCH3 is 1. The summed E-state index contributed by atoms with van der Waals surface area (Å²) in [6.07, 6.45) is -0.210. The van der Waals surface area contributed by atoms with Crippen molar-refractivity contribution in [2.24, 2.45) is 0 Å². The number of ether oxygens (including phenoxy) is 1. The summed E-state index contributed by atoms with van der Waals surface area (Å²) in [6, 6.07) is 17.9. The van der Waals surface area contributed by atoms with E-state index in [9.17, 15) is 0 Å². The van der Waals surface area contributed by atoms with Gasteiger partial charge in [-0.2, -0.15) is 0 Å². The molecule has 2 nitrogen and oxygen atoms in total. The fraction of sp³-hybridized carbons (Fsp3) is 0.263. The van der Waals surface area contributed by atoms with Crippen LogP contribution in [0, 0.1) is 11.8 Å². The molecule has 0 bridgehead atoms. The van der Waals surface area contributed by atoms with Gasteiger partial charge in [0, 0.05) is 5.56 Å². The SMILES string of the molecule is COc1ccc(C(C#Cc2ccccc2)O[Si](C)(C)C)cc1. The van der Waals surface area contributed by atoms with Crippen LogP contribution in [-0.2, 0) is 4.43 Å². The normalized spacial score (nSPS) is 12.2. The topological polar surface area (TPSA) is 18.5 Å². The van der Waals surface area contributed by atoms with Crippen molar-refractivity contribution in [2.45, 2.75) is 25.7 Å². The largest absolute Gasteiger partial charge is 0.497 e. The molecule has 0 amide bonds. The zero-order valence-electron chi connectivity index (χ0n) is 13.6. The van der Waals surface area contributed by atoms with Crippen molar-refractivity contribution in [2.75, 3.05) is 7.11 Å². The molecule has 2 aromatic carbocycles. The van der Waals surface area contributed by atoms with Crippen molar-refractivity contribution in [1.82, 2.24) is 0 Å². The van der Waals surface area contributed by atoms with Gasteiger partial charge in [-0.15, -0.1) is 0 Å². The van der Waals surface area contributed by atoms with Crippen LogP contribution in [0.5, 0.6) is 5.75 Å². The minimum atomic E-state index is -1.70. The van der Waals surface area contributed by atoms with Crippen molar-refractivity contribution in [3.05, 3.63) is 65.7 Å². The van der Waals surface area contributed by atoms with Gasteiger partial charge in [-0.25, -0.2) is 0 Å². The highest BCUT2D eigenvalue weighted by Gasteiger charge is 2.21. The van der Waals surface area contributed by atoms with Crippen molar-refractivity contribution in [3.8, 4) is 17.6 Å². The summed E-state index contributed by atoms with van der Waals surface area (Å²) < 4.78 is 11.5. The Morgan fingerprint density at radius 3 is 2.09 bits per heavy atom. The van der Waals surface area contributed by atoms with Crippen molar-refractivity contribution in [3.63, 3.8) is 0 Å². The van der Waals surface area contributed by atoms with Crippen LogP contribution >= 0.6 is 0 Å². The van der Waals surface area contributed by atoms with Crippen LogP contribution in [0.15, 0.2) is 54.6 Å². The average Bonchev–Trinajstić information content (AvgIpc) is 2.51. The van der Waals surface area contributed by atoms with Gasteiger partial charge in [-0.1, -0.05) is 42.2 Å². The molecule has 0 N–H and O–H groups in total. The summed E-state index contributed by atoms with van der Waals surface area (Å²) in [5.74, 6) is 7.32. The monoisotopic (exact) mass is 310 g/mol. The molecule has 0 radical (unpaired) electrons. The summed E-state index contributed by atoms with van der Waals surface area (Å²) in [5, 5.41) is 0. The van der Waals surface area contributed by atoms with Crippen LogP contribution in [0.1, 0.15) is 17.2 Å². The Bertz CT molecular complexity index is 646. The molecule has 2 rings (SSSR count). The second-order valence-corrected chi connectivity index (χ2v) is 10.5. The highest BCUT2D eigenvalue weighted by Crippen LogP contribution is 2.24. The molecule has 0 saturated carbocycles. The molecule has 3 heteroatoms. The van der Waals surface area contributed by atoms with E-state index in [-0.39, 0.29) is 6.10 Å². The summed E-state index contributed by atoms with van der Waals surface area (Å²) in [4.78, 5) is 0. The average molecular weight is 310 g/mol. The second kappa shape index (κ2) is 7.30. The van der Waals surface area contributed by atoms with Gasteiger partial charge < -0.3 is 9.16 Å². The first-order valence-corrected chi connectivity index (χ1v) is 10.8. The van der Waals surface area contributed by atoms with Crippen molar-refractivity contribution in [1.29, 1.82) is 0 Å².